The SMILES string of the molecule is CN(C(=O)OC1CC1)[C@H]1CN(C(=O)C2CCN(C(=O)C3(C)CC3)CC2)C[C@@H]1c1ccc(Cl)c(Cl)c1. The number of rotatable bonds is 5. The highest BCUT2D eigenvalue weighted by Gasteiger charge is 2.48. The molecule has 2 atom stereocenters. The van der Waals surface area contributed by atoms with Crippen molar-refractivity contribution < 1.29 is 19.1 Å². The van der Waals surface area contributed by atoms with Crippen LogP contribution in [0.25, 0.3) is 0 Å². The zero-order chi connectivity index (χ0) is 24.9. The number of likely N-dealkylation sites (N-methyl/N-ethyl adjacent to an activating group) is 1. The maximum Gasteiger partial charge on any atom is 0.410 e. The third-order valence-electron chi connectivity index (χ3n) is 8.20. The Hall–Kier alpha value is -1.99. The van der Waals surface area contributed by atoms with Crippen LogP contribution in [-0.2, 0) is 14.3 Å². The van der Waals surface area contributed by atoms with Crippen LogP contribution in [0.1, 0.15) is 56.9 Å². The van der Waals surface area contributed by atoms with Crippen molar-refractivity contribution in [2.75, 3.05) is 33.2 Å². The summed E-state index contributed by atoms with van der Waals surface area (Å²) in [6, 6.07) is 5.29. The molecule has 35 heavy (non-hydrogen) atoms. The fraction of sp³-hybridized carbons (Fsp3) is 0.654. The quantitative estimate of drug-likeness (QED) is 0.569. The Morgan fingerprint density at radius 2 is 1.69 bits per heavy atom. The summed E-state index contributed by atoms with van der Waals surface area (Å²) in [5, 5.41) is 0.929. The highest BCUT2D eigenvalue weighted by Crippen LogP contribution is 2.47. The molecule has 7 nitrogen and oxygen atoms in total. The summed E-state index contributed by atoms with van der Waals surface area (Å²) in [6.07, 6.45) is 4.77. The molecule has 2 saturated heterocycles. The topological polar surface area (TPSA) is 70.2 Å². The molecule has 2 saturated carbocycles. The summed E-state index contributed by atoms with van der Waals surface area (Å²) in [5.41, 5.74) is 0.773. The summed E-state index contributed by atoms with van der Waals surface area (Å²) in [4.78, 5) is 44.4. The largest absolute Gasteiger partial charge is 0.446 e. The maximum atomic E-state index is 13.6. The van der Waals surface area contributed by atoms with Gasteiger partial charge in [0.2, 0.25) is 11.8 Å². The molecule has 0 aromatic heterocycles. The van der Waals surface area contributed by atoms with Crippen molar-refractivity contribution in [3.63, 3.8) is 0 Å². The van der Waals surface area contributed by atoms with Crippen molar-refractivity contribution in [3.05, 3.63) is 33.8 Å². The number of halogens is 2. The summed E-state index contributed by atoms with van der Waals surface area (Å²) in [6.45, 7) is 4.24. The van der Waals surface area contributed by atoms with Gasteiger partial charge < -0.3 is 19.4 Å². The van der Waals surface area contributed by atoms with Gasteiger partial charge in [0.1, 0.15) is 6.10 Å². The van der Waals surface area contributed by atoms with Crippen molar-refractivity contribution >= 4 is 41.1 Å². The van der Waals surface area contributed by atoms with E-state index in [4.69, 9.17) is 27.9 Å². The number of benzene rings is 1. The Kier molecular flexibility index (Phi) is 6.68. The van der Waals surface area contributed by atoms with Gasteiger partial charge in [-0.3, -0.25) is 9.59 Å². The van der Waals surface area contributed by atoms with Crippen molar-refractivity contribution in [2.45, 2.75) is 63.5 Å². The van der Waals surface area contributed by atoms with Crippen LogP contribution in [0, 0.1) is 11.3 Å². The van der Waals surface area contributed by atoms with E-state index in [1.54, 1.807) is 18.0 Å². The molecule has 2 aliphatic heterocycles. The normalized spacial score (nSPS) is 25.9. The van der Waals surface area contributed by atoms with Crippen LogP contribution in [0.5, 0.6) is 0 Å². The number of amides is 3. The highest BCUT2D eigenvalue weighted by molar-refractivity contribution is 6.42. The van der Waals surface area contributed by atoms with E-state index in [9.17, 15) is 14.4 Å². The van der Waals surface area contributed by atoms with Gasteiger partial charge in [-0.15, -0.1) is 0 Å². The molecule has 2 aliphatic carbocycles. The van der Waals surface area contributed by atoms with Crippen LogP contribution in [0.2, 0.25) is 10.0 Å². The van der Waals surface area contributed by atoms with E-state index < -0.39 is 0 Å². The van der Waals surface area contributed by atoms with E-state index in [2.05, 4.69) is 0 Å². The van der Waals surface area contributed by atoms with Gasteiger partial charge >= 0.3 is 6.09 Å². The van der Waals surface area contributed by atoms with Crippen LogP contribution in [0.4, 0.5) is 4.79 Å². The van der Waals surface area contributed by atoms with Crippen molar-refractivity contribution in [2.24, 2.45) is 11.3 Å². The molecule has 190 valence electrons. The molecule has 2 heterocycles. The third-order valence-corrected chi connectivity index (χ3v) is 8.94. The third kappa shape index (κ3) is 5.12. The Bertz CT molecular complexity index is 1020. The first-order valence-electron chi connectivity index (χ1n) is 12.6. The second kappa shape index (κ2) is 9.47. The lowest BCUT2D eigenvalue weighted by Gasteiger charge is -2.34. The molecule has 0 unspecified atom stereocenters. The van der Waals surface area contributed by atoms with Gasteiger partial charge in [0.05, 0.1) is 16.1 Å². The Morgan fingerprint density at radius 1 is 1.00 bits per heavy atom. The number of carbonyl (C=O) groups is 3. The predicted octanol–water partition coefficient (Wildman–Crippen LogP) is 4.56. The first kappa shape index (κ1) is 24.7. The minimum atomic E-state index is -0.350. The number of likely N-dealkylation sites (tertiary alicyclic amines) is 2. The van der Waals surface area contributed by atoms with E-state index in [0.717, 1.165) is 31.2 Å². The maximum absolute atomic E-state index is 13.6. The lowest BCUT2D eigenvalue weighted by atomic mass is 9.93. The number of hydrogen-bond donors (Lipinski definition) is 0. The van der Waals surface area contributed by atoms with Gasteiger partial charge in [0.25, 0.3) is 0 Å². The Morgan fingerprint density at radius 3 is 2.29 bits per heavy atom. The predicted molar refractivity (Wildman–Crippen MR) is 133 cm³/mol. The van der Waals surface area contributed by atoms with Crippen LogP contribution in [-0.4, -0.2) is 78.0 Å². The lowest BCUT2D eigenvalue weighted by Crippen LogP contribution is -2.46. The second-order valence-electron chi connectivity index (χ2n) is 10.9. The van der Waals surface area contributed by atoms with Gasteiger partial charge in [-0.2, -0.15) is 0 Å². The van der Waals surface area contributed by atoms with E-state index in [0.29, 0.717) is 49.1 Å². The zero-order valence-corrected chi connectivity index (χ0v) is 21.9. The minimum Gasteiger partial charge on any atom is -0.446 e. The number of nitrogens with zero attached hydrogens (tertiary/aromatic N) is 3. The minimum absolute atomic E-state index is 0.0123. The number of piperidine rings is 1. The average Bonchev–Trinajstić information content (AvgIpc) is 3.78. The Labute approximate surface area is 216 Å². The van der Waals surface area contributed by atoms with Gasteiger partial charge in [0.15, 0.2) is 0 Å². The van der Waals surface area contributed by atoms with E-state index >= 15 is 0 Å². The number of ether oxygens (including phenoxy) is 1. The van der Waals surface area contributed by atoms with Crippen molar-refractivity contribution in [1.82, 2.24) is 14.7 Å². The second-order valence-corrected chi connectivity index (χ2v) is 11.7. The first-order chi connectivity index (χ1) is 16.7. The van der Waals surface area contributed by atoms with Crippen LogP contribution in [0.15, 0.2) is 18.2 Å². The van der Waals surface area contributed by atoms with E-state index in [1.165, 1.54) is 0 Å². The molecule has 3 amide bonds. The number of hydrogen-bond acceptors (Lipinski definition) is 4. The Balaban J connectivity index is 1.28. The van der Waals surface area contributed by atoms with Gasteiger partial charge in [-0.25, -0.2) is 4.79 Å². The smallest absolute Gasteiger partial charge is 0.410 e. The summed E-state index contributed by atoms with van der Waals surface area (Å²) in [5.74, 6) is 0.135. The van der Waals surface area contributed by atoms with E-state index in [1.807, 2.05) is 28.9 Å². The van der Waals surface area contributed by atoms with Crippen LogP contribution < -0.4 is 0 Å². The first-order valence-corrected chi connectivity index (χ1v) is 13.4. The van der Waals surface area contributed by atoms with Gasteiger partial charge in [-0.1, -0.05) is 36.2 Å². The monoisotopic (exact) mass is 521 g/mol. The highest BCUT2D eigenvalue weighted by atomic mass is 35.5. The molecular formula is C26H33Cl2N3O4. The average molecular weight is 522 g/mol. The fourth-order valence-corrected chi connectivity index (χ4v) is 5.65. The van der Waals surface area contributed by atoms with Gasteiger partial charge in [0, 0.05) is 50.5 Å². The lowest BCUT2D eigenvalue weighted by molar-refractivity contribution is -0.142. The molecule has 0 N–H and O–H groups in total. The molecule has 1 aromatic carbocycles. The summed E-state index contributed by atoms with van der Waals surface area (Å²) >= 11 is 12.4. The molecule has 0 bridgehead atoms. The molecule has 0 spiro atoms. The van der Waals surface area contributed by atoms with Crippen molar-refractivity contribution in [1.29, 1.82) is 0 Å². The number of carbonyl (C=O) groups excluding carboxylic acids is 3. The fourth-order valence-electron chi connectivity index (χ4n) is 5.35. The van der Waals surface area contributed by atoms with E-state index in [-0.39, 0.29) is 47.3 Å². The molecule has 0 radical (unpaired) electrons. The van der Waals surface area contributed by atoms with Gasteiger partial charge in [-0.05, 0) is 56.2 Å². The van der Waals surface area contributed by atoms with Crippen LogP contribution in [0.3, 0.4) is 0 Å². The molecular weight excluding hydrogens is 489 g/mol. The standard InChI is InChI=1S/C26H33Cl2N3O4/c1-26(9-10-26)24(33)30-11-7-16(8-12-30)23(32)31-14-19(17-3-6-20(27)21(28)13-17)22(15-31)29(2)25(34)35-18-4-5-18/h3,6,13,16,18-19,22H,4-5,7-12,14-15H2,1-2H3/t19-,22+/m1/s1. The summed E-state index contributed by atoms with van der Waals surface area (Å²) < 4.78 is 5.54. The summed E-state index contributed by atoms with van der Waals surface area (Å²) in [7, 11) is 1.75. The zero-order valence-electron chi connectivity index (χ0n) is 20.3. The van der Waals surface area contributed by atoms with Crippen LogP contribution >= 0.6 is 23.2 Å². The molecule has 4 aliphatic rings. The van der Waals surface area contributed by atoms with Crippen molar-refractivity contribution in [3.8, 4) is 0 Å². The molecule has 4 fully saturated rings. The molecule has 1 aromatic rings. The molecule has 9 heteroatoms. The molecule has 5 rings (SSSR count).